The second kappa shape index (κ2) is 15.5. The summed E-state index contributed by atoms with van der Waals surface area (Å²) >= 11 is 0. The number of aromatic nitrogens is 4. The van der Waals surface area contributed by atoms with Gasteiger partial charge in [0.1, 0.15) is 23.6 Å². The number of hydrogen-bond acceptors (Lipinski definition) is 13. The van der Waals surface area contributed by atoms with Crippen molar-refractivity contribution >= 4 is 36.4 Å². The Labute approximate surface area is 267 Å². The number of benzene rings is 2. The van der Waals surface area contributed by atoms with Crippen molar-refractivity contribution in [2.75, 3.05) is 25.8 Å². The zero-order valence-corrected chi connectivity index (χ0v) is 26.2. The van der Waals surface area contributed by atoms with E-state index in [9.17, 15) is 18.5 Å². The molecule has 3 heterocycles. The number of rotatable bonds is 12. The zero-order valence-electron chi connectivity index (χ0n) is 25.3. The predicted octanol–water partition coefficient (Wildman–Crippen LogP) is 4.00. The number of ether oxygens (including phenoxy) is 4. The molecule has 0 spiro atoms. The summed E-state index contributed by atoms with van der Waals surface area (Å²) in [7, 11) is -2.47. The number of esters is 1. The van der Waals surface area contributed by atoms with Crippen LogP contribution in [0.4, 0.5) is 10.2 Å². The highest BCUT2D eigenvalue weighted by atomic mass is 31.2. The van der Waals surface area contributed by atoms with Crippen LogP contribution in [0, 0.1) is 0 Å². The zero-order chi connectivity index (χ0) is 34.1. The van der Waals surface area contributed by atoms with Crippen molar-refractivity contribution in [2.45, 2.75) is 32.4 Å². The van der Waals surface area contributed by atoms with Gasteiger partial charge >= 0.3 is 19.5 Å². The number of nitrogens with two attached hydrogens (primary N) is 1. The summed E-state index contributed by atoms with van der Waals surface area (Å²) < 4.78 is 56.2. The van der Waals surface area contributed by atoms with Crippen molar-refractivity contribution in [3.63, 3.8) is 0 Å². The van der Waals surface area contributed by atoms with Gasteiger partial charge in [-0.3, -0.25) is 13.9 Å². The molecule has 0 fully saturated rings. The van der Waals surface area contributed by atoms with Crippen molar-refractivity contribution in [1.82, 2.24) is 24.6 Å². The third-order valence-electron chi connectivity index (χ3n) is 6.30. The summed E-state index contributed by atoms with van der Waals surface area (Å²) in [6.07, 6.45) is 0.676. The van der Waals surface area contributed by atoms with Gasteiger partial charge in [-0.15, -0.1) is 0 Å². The standard InChI is InChI=1S/C21H24FN6O6P.C8H8O4/c1-3-31-21(29)13(2)27-35(30,34-14-7-5-4-6-8-14)12-32-16-9-15(22)20(33-16)28-11-26-17-18(23)24-10-25-19(17)28;1-12-7-4-5(8(10)11)2-3-6(7)9/h4-11,13,16,20H,3,12H2,1-2H3,(H,27,30)(H2,23,24,25);2-4,9H,1H3,(H,10,11)/t13-,16-,20+,35-;/m0./s1. The summed E-state index contributed by atoms with van der Waals surface area (Å²) in [4.78, 5) is 34.5. The maximum Gasteiger partial charge on any atom is 0.342 e. The molecule has 0 unspecified atom stereocenters. The molecule has 1 aliphatic heterocycles. The van der Waals surface area contributed by atoms with Gasteiger partial charge in [-0.1, -0.05) is 18.2 Å². The quantitative estimate of drug-likeness (QED) is 0.123. The summed E-state index contributed by atoms with van der Waals surface area (Å²) in [5.41, 5.74) is 6.44. The smallest absolute Gasteiger partial charge is 0.342 e. The van der Waals surface area contributed by atoms with Gasteiger partial charge in [0, 0.05) is 6.08 Å². The van der Waals surface area contributed by atoms with Crippen LogP contribution < -0.4 is 20.1 Å². The number of carbonyl (C=O) groups is 2. The molecule has 0 saturated carbocycles. The van der Waals surface area contributed by atoms with Crippen molar-refractivity contribution in [3.05, 3.63) is 78.7 Å². The number of phenolic OH excluding ortho intramolecular Hbond substituents is 1. The number of nitrogens with one attached hydrogen (secondary N) is 1. The minimum absolute atomic E-state index is 0.0671. The Bertz CT molecular complexity index is 1790. The van der Waals surface area contributed by atoms with Gasteiger partial charge in [-0.2, -0.15) is 0 Å². The van der Waals surface area contributed by atoms with Crippen LogP contribution in [0.3, 0.4) is 0 Å². The van der Waals surface area contributed by atoms with E-state index in [1.807, 2.05) is 0 Å². The SMILES string of the molecule is CCOC(=O)[C@H](C)N[P@](=O)(CO[C@@H]1C=C(F)[C@H](n2cnc3c(N)ncnc32)O1)Oc1ccccc1.COc1cc(C(=O)O)ccc1O. The molecular formula is C29H32FN6O10P. The summed E-state index contributed by atoms with van der Waals surface area (Å²) in [6, 6.07) is 11.3. The third-order valence-corrected chi connectivity index (χ3v) is 8.07. The van der Waals surface area contributed by atoms with Gasteiger partial charge in [0.05, 0.1) is 25.6 Å². The minimum atomic E-state index is -3.83. The van der Waals surface area contributed by atoms with Crippen molar-refractivity contribution < 1.29 is 52.2 Å². The van der Waals surface area contributed by atoms with E-state index < -0.39 is 50.2 Å². The first-order valence-corrected chi connectivity index (χ1v) is 15.7. The number of carbonyl (C=O) groups excluding carboxylic acids is 1. The number of phenols is 1. The number of carboxylic acids is 1. The van der Waals surface area contributed by atoms with E-state index in [4.69, 9.17) is 39.4 Å². The Morgan fingerprint density at radius 1 is 1.19 bits per heavy atom. The number of nitrogen functional groups attached to an aromatic ring is 1. The lowest BCUT2D eigenvalue weighted by Gasteiger charge is -2.24. The van der Waals surface area contributed by atoms with Crippen LogP contribution in [0.25, 0.3) is 11.2 Å². The number of aromatic carboxylic acids is 1. The van der Waals surface area contributed by atoms with Crippen LogP contribution in [0.15, 0.2) is 73.1 Å². The van der Waals surface area contributed by atoms with Gasteiger partial charge in [0.2, 0.25) is 0 Å². The van der Waals surface area contributed by atoms with E-state index in [1.165, 1.54) is 49.5 Å². The second-order valence-electron chi connectivity index (χ2n) is 9.66. The number of nitrogens with zero attached hydrogens (tertiary/aromatic N) is 4. The first-order valence-electron chi connectivity index (χ1n) is 13.9. The molecule has 0 bridgehead atoms. The van der Waals surface area contributed by atoms with E-state index in [0.29, 0.717) is 5.52 Å². The third kappa shape index (κ3) is 8.80. The van der Waals surface area contributed by atoms with Crippen LogP contribution in [0.1, 0.15) is 30.4 Å². The first-order chi connectivity index (χ1) is 22.4. The molecule has 16 nitrogen and oxygen atoms in total. The summed E-state index contributed by atoms with van der Waals surface area (Å²) in [5.74, 6) is -1.80. The molecule has 1 aliphatic rings. The van der Waals surface area contributed by atoms with Gasteiger partial charge in [0.15, 0.2) is 47.7 Å². The molecule has 18 heteroatoms. The topological polar surface area (TPSA) is 219 Å². The molecule has 0 saturated heterocycles. The Balaban J connectivity index is 0.000000351. The number of aromatic hydroxyl groups is 1. The van der Waals surface area contributed by atoms with E-state index in [2.05, 4.69) is 20.0 Å². The largest absolute Gasteiger partial charge is 0.504 e. The number of halogens is 1. The van der Waals surface area contributed by atoms with Crippen molar-refractivity contribution in [2.24, 2.45) is 0 Å². The molecule has 0 amide bonds. The van der Waals surface area contributed by atoms with Gasteiger partial charge in [0.25, 0.3) is 0 Å². The molecule has 250 valence electrons. The molecule has 0 radical (unpaired) electrons. The maximum absolute atomic E-state index is 14.8. The number of carboxylic acid groups (broad SMARTS) is 1. The van der Waals surface area contributed by atoms with E-state index >= 15 is 0 Å². The monoisotopic (exact) mass is 674 g/mol. The number of fused-ring (bicyclic) bond motifs is 1. The fourth-order valence-electron chi connectivity index (χ4n) is 4.11. The lowest BCUT2D eigenvalue weighted by Crippen LogP contribution is -2.36. The first kappa shape index (κ1) is 34.8. The minimum Gasteiger partial charge on any atom is -0.504 e. The van der Waals surface area contributed by atoms with Crippen molar-refractivity contribution in [3.8, 4) is 17.2 Å². The molecule has 4 atom stereocenters. The fourth-order valence-corrected chi connectivity index (χ4v) is 5.79. The molecule has 0 aliphatic carbocycles. The Morgan fingerprint density at radius 2 is 1.94 bits per heavy atom. The fraction of sp³-hybridized carbons (Fsp3) is 0.276. The Kier molecular flexibility index (Phi) is 11.4. The average molecular weight is 675 g/mol. The number of anilines is 1. The van der Waals surface area contributed by atoms with Crippen LogP contribution in [0.5, 0.6) is 17.2 Å². The normalized spacial score (nSPS) is 17.5. The van der Waals surface area contributed by atoms with Gasteiger partial charge in [-0.05, 0) is 44.2 Å². The lowest BCUT2D eigenvalue weighted by atomic mass is 10.2. The molecule has 4 aromatic rings. The average Bonchev–Trinajstić information content (AvgIpc) is 3.64. The highest BCUT2D eigenvalue weighted by molar-refractivity contribution is 7.57. The number of para-hydroxylation sites is 1. The predicted molar refractivity (Wildman–Crippen MR) is 164 cm³/mol. The second-order valence-corrected chi connectivity index (χ2v) is 11.7. The maximum atomic E-state index is 14.8. The highest BCUT2D eigenvalue weighted by Gasteiger charge is 2.36. The highest BCUT2D eigenvalue weighted by Crippen LogP contribution is 2.45. The van der Waals surface area contributed by atoms with Crippen LogP contribution in [0.2, 0.25) is 0 Å². The van der Waals surface area contributed by atoms with Crippen molar-refractivity contribution in [1.29, 1.82) is 0 Å². The molecule has 5 rings (SSSR count). The summed E-state index contributed by atoms with van der Waals surface area (Å²) in [5, 5.41) is 20.3. The van der Waals surface area contributed by atoms with Crippen LogP contribution >= 0.6 is 7.52 Å². The number of imidazole rings is 1. The number of hydrogen-bond donors (Lipinski definition) is 4. The van der Waals surface area contributed by atoms with Gasteiger partial charge in [-0.25, -0.2) is 29.2 Å². The molecular weight excluding hydrogens is 642 g/mol. The van der Waals surface area contributed by atoms with Crippen LogP contribution in [-0.4, -0.2) is 74.1 Å². The molecule has 2 aromatic heterocycles. The Hall–Kier alpha value is -5.09. The lowest BCUT2D eigenvalue weighted by molar-refractivity contribution is -0.144. The van der Waals surface area contributed by atoms with E-state index in [0.717, 1.165) is 6.08 Å². The van der Waals surface area contributed by atoms with E-state index in [1.54, 1.807) is 37.3 Å². The molecule has 47 heavy (non-hydrogen) atoms. The van der Waals surface area contributed by atoms with Crippen LogP contribution in [-0.2, 0) is 23.6 Å². The summed E-state index contributed by atoms with van der Waals surface area (Å²) in [6.45, 7) is 3.30. The number of methoxy groups -OCH3 is 1. The van der Waals surface area contributed by atoms with Gasteiger partial charge < -0.3 is 39.4 Å². The molecule has 5 N–H and O–H groups in total. The van der Waals surface area contributed by atoms with E-state index in [-0.39, 0.29) is 40.9 Å². The Morgan fingerprint density at radius 3 is 2.62 bits per heavy atom. The molecule has 2 aromatic carbocycles.